The summed E-state index contributed by atoms with van der Waals surface area (Å²) < 4.78 is 0. The lowest BCUT2D eigenvalue weighted by Crippen LogP contribution is -2.56. The van der Waals surface area contributed by atoms with Crippen molar-refractivity contribution >= 4 is 29.7 Å². The minimum absolute atomic E-state index is 0. The number of carbonyl (C=O) groups excluding carboxylic acids is 1. The number of anilines is 1. The van der Waals surface area contributed by atoms with Crippen LogP contribution in [-0.4, -0.2) is 41.9 Å². The third-order valence-electron chi connectivity index (χ3n) is 4.80. The van der Waals surface area contributed by atoms with Crippen molar-refractivity contribution in [2.45, 2.75) is 12.5 Å². The molecule has 8 heteroatoms. The first-order valence-corrected chi connectivity index (χ1v) is 8.53. The molecule has 1 heterocycles. The Morgan fingerprint density at radius 2 is 1.59 bits per heavy atom. The highest BCUT2D eigenvalue weighted by Crippen LogP contribution is 2.29. The maximum absolute atomic E-state index is 12.9. The Morgan fingerprint density at radius 1 is 1.04 bits per heavy atom. The van der Waals surface area contributed by atoms with Gasteiger partial charge in [0.15, 0.2) is 0 Å². The van der Waals surface area contributed by atoms with Gasteiger partial charge < -0.3 is 15.5 Å². The zero-order valence-corrected chi connectivity index (χ0v) is 15.9. The van der Waals surface area contributed by atoms with Gasteiger partial charge in [-0.05, 0) is 18.6 Å². The summed E-state index contributed by atoms with van der Waals surface area (Å²) in [6.45, 7) is 3.73. The van der Waals surface area contributed by atoms with E-state index < -0.39 is 5.54 Å². The molecule has 0 radical (unpaired) electrons. The van der Waals surface area contributed by atoms with Gasteiger partial charge in [0.05, 0.1) is 4.92 Å². The van der Waals surface area contributed by atoms with Crippen molar-refractivity contribution in [3.8, 4) is 0 Å². The Bertz CT molecular complexity index is 806. The van der Waals surface area contributed by atoms with Crippen LogP contribution >= 0.6 is 12.4 Å². The Balaban J connectivity index is 0.00000261. The fourth-order valence-corrected chi connectivity index (χ4v) is 3.27. The molecule has 0 aromatic heterocycles. The quantitative estimate of drug-likeness (QED) is 0.639. The highest BCUT2D eigenvalue weighted by molar-refractivity contribution is 5.87. The monoisotopic (exact) mass is 390 g/mol. The molecule has 27 heavy (non-hydrogen) atoms. The smallest absolute Gasteiger partial charge is 0.292 e. The normalized spacial score (nSPS) is 16.2. The largest absolute Gasteiger partial charge is 0.362 e. The Morgan fingerprint density at radius 3 is 2.19 bits per heavy atom. The second kappa shape index (κ2) is 8.37. The molecule has 0 spiro atoms. The molecule has 3 rings (SSSR count). The molecule has 1 amide bonds. The van der Waals surface area contributed by atoms with Crippen molar-refractivity contribution in [3.05, 3.63) is 70.3 Å². The number of hydrogen-bond donors (Lipinski definition) is 1. The molecule has 0 bridgehead atoms. The van der Waals surface area contributed by atoms with Crippen LogP contribution in [0.25, 0.3) is 0 Å². The van der Waals surface area contributed by atoms with E-state index in [4.69, 9.17) is 5.73 Å². The van der Waals surface area contributed by atoms with E-state index in [1.165, 1.54) is 6.07 Å². The minimum atomic E-state index is -1.10. The molecule has 0 aliphatic carbocycles. The third-order valence-corrected chi connectivity index (χ3v) is 4.80. The number of para-hydroxylation sites is 2. The van der Waals surface area contributed by atoms with Crippen LogP contribution in [0.4, 0.5) is 11.4 Å². The Labute approximate surface area is 164 Å². The molecule has 1 atom stereocenters. The van der Waals surface area contributed by atoms with Crippen LogP contribution in [0.5, 0.6) is 0 Å². The number of nitro benzene ring substituents is 1. The van der Waals surface area contributed by atoms with Crippen molar-refractivity contribution < 1.29 is 9.72 Å². The maximum Gasteiger partial charge on any atom is 0.292 e. The molecule has 2 aromatic rings. The van der Waals surface area contributed by atoms with Crippen LogP contribution in [-0.2, 0) is 10.3 Å². The van der Waals surface area contributed by atoms with Crippen LogP contribution in [0.3, 0.4) is 0 Å². The zero-order valence-electron chi connectivity index (χ0n) is 15.1. The van der Waals surface area contributed by atoms with Crippen LogP contribution in [0.1, 0.15) is 12.5 Å². The van der Waals surface area contributed by atoms with Gasteiger partial charge in [-0.3, -0.25) is 14.9 Å². The van der Waals surface area contributed by atoms with Crippen molar-refractivity contribution in [3.63, 3.8) is 0 Å². The highest BCUT2D eigenvalue weighted by atomic mass is 35.5. The lowest BCUT2D eigenvalue weighted by Gasteiger charge is -2.39. The molecule has 144 valence electrons. The average molecular weight is 391 g/mol. The van der Waals surface area contributed by atoms with E-state index in [9.17, 15) is 14.9 Å². The fraction of sp³-hybridized carbons (Fsp3) is 0.316. The van der Waals surface area contributed by atoms with Crippen LogP contribution in [0, 0.1) is 10.1 Å². The molecule has 0 saturated carbocycles. The second-order valence-electron chi connectivity index (χ2n) is 6.59. The topological polar surface area (TPSA) is 92.7 Å². The van der Waals surface area contributed by atoms with Gasteiger partial charge >= 0.3 is 0 Å². The number of hydrogen-bond acceptors (Lipinski definition) is 5. The second-order valence-corrected chi connectivity index (χ2v) is 6.59. The summed E-state index contributed by atoms with van der Waals surface area (Å²) in [6, 6.07) is 16.0. The van der Waals surface area contributed by atoms with Gasteiger partial charge in [0.2, 0.25) is 5.91 Å². The Hall–Kier alpha value is -2.64. The van der Waals surface area contributed by atoms with E-state index in [0.717, 1.165) is 5.56 Å². The van der Waals surface area contributed by atoms with E-state index in [0.29, 0.717) is 31.9 Å². The number of halogens is 1. The molecule has 2 N–H and O–H groups in total. The molecule has 2 aromatic carbocycles. The number of nitro groups is 1. The first kappa shape index (κ1) is 20.7. The standard InChI is InChI=1S/C19H22N4O3.ClH/c1-19(20,15-7-3-2-4-8-15)18(24)22-13-11-21(12-14-22)16-9-5-6-10-17(16)23(25)26;/h2-10H,11-14,20H2,1H3;1H. The van der Waals surface area contributed by atoms with Crippen LogP contribution in [0.2, 0.25) is 0 Å². The highest BCUT2D eigenvalue weighted by Gasteiger charge is 2.36. The molecule has 1 fully saturated rings. The number of piperazine rings is 1. The molecule has 1 aliphatic rings. The van der Waals surface area contributed by atoms with Crippen molar-refractivity contribution in [2.75, 3.05) is 31.1 Å². The van der Waals surface area contributed by atoms with Gasteiger partial charge in [-0.15, -0.1) is 12.4 Å². The molecule has 7 nitrogen and oxygen atoms in total. The van der Waals surface area contributed by atoms with Crippen LogP contribution in [0.15, 0.2) is 54.6 Å². The van der Waals surface area contributed by atoms with Crippen LogP contribution < -0.4 is 10.6 Å². The average Bonchev–Trinajstić information content (AvgIpc) is 2.68. The van der Waals surface area contributed by atoms with Gasteiger partial charge in [-0.25, -0.2) is 0 Å². The summed E-state index contributed by atoms with van der Waals surface area (Å²) in [5.74, 6) is -0.133. The molecule has 1 saturated heterocycles. The van der Waals surface area contributed by atoms with Crippen molar-refractivity contribution in [1.82, 2.24) is 4.90 Å². The minimum Gasteiger partial charge on any atom is -0.362 e. The van der Waals surface area contributed by atoms with Gasteiger partial charge in [0.1, 0.15) is 11.2 Å². The predicted octanol–water partition coefficient (Wildman–Crippen LogP) is 2.54. The molecular formula is C19H23ClN4O3. The molecular weight excluding hydrogens is 368 g/mol. The summed E-state index contributed by atoms with van der Waals surface area (Å²) in [7, 11) is 0. The number of rotatable bonds is 4. The number of nitrogens with zero attached hydrogens (tertiary/aromatic N) is 3. The number of carbonyl (C=O) groups is 1. The first-order valence-electron chi connectivity index (χ1n) is 8.53. The van der Waals surface area contributed by atoms with Gasteiger partial charge in [0.25, 0.3) is 5.69 Å². The summed E-state index contributed by atoms with van der Waals surface area (Å²) in [4.78, 5) is 27.4. The van der Waals surface area contributed by atoms with E-state index in [2.05, 4.69) is 0 Å². The number of nitrogens with two attached hydrogens (primary N) is 1. The van der Waals surface area contributed by atoms with Gasteiger partial charge in [-0.2, -0.15) is 0 Å². The summed E-state index contributed by atoms with van der Waals surface area (Å²) >= 11 is 0. The molecule has 1 aliphatic heterocycles. The number of amides is 1. The predicted molar refractivity (Wildman–Crippen MR) is 107 cm³/mol. The fourth-order valence-electron chi connectivity index (χ4n) is 3.27. The van der Waals surface area contributed by atoms with E-state index in [1.54, 1.807) is 30.0 Å². The van der Waals surface area contributed by atoms with Crippen molar-refractivity contribution in [1.29, 1.82) is 0 Å². The zero-order chi connectivity index (χ0) is 18.7. The van der Waals surface area contributed by atoms with E-state index in [1.807, 2.05) is 35.2 Å². The maximum atomic E-state index is 12.9. The summed E-state index contributed by atoms with van der Waals surface area (Å²) in [5, 5.41) is 11.2. The lowest BCUT2D eigenvalue weighted by atomic mass is 9.91. The third kappa shape index (κ3) is 4.20. The van der Waals surface area contributed by atoms with Gasteiger partial charge in [0, 0.05) is 32.2 Å². The number of benzene rings is 2. The molecule has 1 unspecified atom stereocenters. The van der Waals surface area contributed by atoms with E-state index >= 15 is 0 Å². The van der Waals surface area contributed by atoms with Crippen molar-refractivity contribution in [2.24, 2.45) is 5.73 Å². The summed E-state index contributed by atoms with van der Waals surface area (Å²) in [6.07, 6.45) is 0. The first-order chi connectivity index (χ1) is 12.4. The SMILES string of the molecule is CC(N)(C(=O)N1CCN(c2ccccc2[N+](=O)[O-])CC1)c1ccccc1.Cl. The van der Waals surface area contributed by atoms with E-state index in [-0.39, 0.29) is 28.9 Å². The Kier molecular flexibility index (Phi) is 6.41. The summed E-state index contributed by atoms with van der Waals surface area (Å²) in [5.41, 5.74) is 6.67. The lowest BCUT2D eigenvalue weighted by molar-refractivity contribution is -0.384. The van der Waals surface area contributed by atoms with Gasteiger partial charge in [-0.1, -0.05) is 42.5 Å².